The summed E-state index contributed by atoms with van der Waals surface area (Å²) >= 11 is 3.54. The van der Waals surface area contributed by atoms with Crippen LogP contribution in [0.1, 0.15) is 39.0 Å². The van der Waals surface area contributed by atoms with Crippen LogP contribution < -0.4 is 14.8 Å². The first-order chi connectivity index (χ1) is 15.7. The molecule has 0 aromatic heterocycles. The number of rotatable bonds is 12. The van der Waals surface area contributed by atoms with Gasteiger partial charge in [0.05, 0.1) is 11.1 Å². The summed E-state index contributed by atoms with van der Waals surface area (Å²) in [5, 5.41) is 2.85. The van der Waals surface area contributed by atoms with E-state index in [0.29, 0.717) is 11.4 Å². The van der Waals surface area contributed by atoms with E-state index in [9.17, 15) is 4.79 Å². The van der Waals surface area contributed by atoms with Crippen molar-refractivity contribution in [2.45, 2.75) is 39.0 Å². The molecule has 0 aliphatic heterocycles. The van der Waals surface area contributed by atoms with Crippen molar-refractivity contribution in [2.75, 3.05) is 18.5 Å². The minimum absolute atomic E-state index is 0.0701. The second kappa shape index (κ2) is 12.9. The molecule has 0 heterocycles. The highest BCUT2D eigenvalue weighted by molar-refractivity contribution is 9.10. The Morgan fingerprint density at radius 1 is 0.844 bits per heavy atom. The van der Waals surface area contributed by atoms with Crippen LogP contribution in [0.4, 0.5) is 5.69 Å². The lowest BCUT2D eigenvalue weighted by molar-refractivity contribution is -0.118. The second-order valence-electron chi connectivity index (χ2n) is 7.64. The van der Waals surface area contributed by atoms with Crippen LogP contribution in [-0.4, -0.2) is 19.1 Å². The van der Waals surface area contributed by atoms with Gasteiger partial charge in [-0.1, -0.05) is 69.0 Å². The van der Waals surface area contributed by atoms with Crippen LogP contribution in [0, 0.1) is 0 Å². The molecule has 4 nitrogen and oxygen atoms in total. The van der Waals surface area contributed by atoms with Crippen molar-refractivity contribution >= 4 is 27.5 Å². The molecule has 3 aromatic carbocycles. The minimum Gasteiger partial charge on any atom is -0.494 e. The van der Waals surface area contributed by atoms with Gasteiger partial charge in [0.15, 0.2) is 6.61 Å². The molecule has 1 amide bonds. The van der Waals surface area contributed by atoms with Gasteiger partial charge >= 0.3 is 0 Å². The van der Waals surface area contributed by atoms with Crippen LogP contribution in [0.15, 0.2) is 77.3 Å². The number of hydrogen-bond acceptors (Lipinski definition) is 3. The van der Waals surface area contributed by atoms with Gasteiger partial charge in [0, 0.05) is 5.69 Å². The molecule has 0 saturated carbocycles. The molecule has 3 rings (SSSR count). The molecule has 0 atom stereocenters. The van der Waals surface area contributed by atoms with Gasteiger partial charge in [-0.05, 0) is 69.9 Å². The molecular weight excluding hydrogens is 466 g/mol. The smallest absolute Gasteiger partial charge is 0.262 e. The minimum atomic E-state index is -0.214. The molecule has 0 unspecified atom stereocenters. The van der Waals surface area contributed by atoms with E-state index in [4.69, 9.17) is 9.47 Å². The van der Waals surface area contributed by atoms with Crippen LogP contribution in [0.2, 0.25) is 0 Å². The fourth-order valence-corrected chi connectivity index (χ4v) is 3.79. The first-order valence-electron chi connectivity index (χ1n) is 11.2. The number of amides is 1. The van der Waals surface area contributed by atoms with Crippen LogP contribution >= 0.6 is 15.9 Å². The number of benzene rings is 3. The Morgan fingerprint density at radius 2 is 1.59 bits per heavy atom. The largest absolute Gasteiger partial charge is 0.494 e. The molecule has 0 bridgehead atoms. The third-order valence-corrected chi connectivity index (χ3v) is 5.67. The molecule has 0 aliphatic carbocycles. The van der Waals surface area contributed by atoms with Crippen LogP contribution in [0.5, 0.6) is 11.5 Å². The predicted octanol–water partition coefficient (Wildman–Crippen LogP) is 7.48. The van der Waals surface area contributed by atoms with E-state index in [2.05, 4.69) is 40.3 Å². The molecule has 0 saturated heterocycles. The second-order valence-corrected chi connectivity index (χ2v) is 8.49. The number of unbranched alkanes of at least 4 members (excludes halogenated alkanes) is 4. The van der Waals surface area contributed by atoms with Crippen molar-refractivity contribution in [3.8, 4) is 22.6 Å². The van der Waals surface area contributed by atoms with Gasteiger partial charge in [-0.3, -0.25) is 4.79 Å². The molecule has 1 N–H and O–H groups in total. The van der Waals surface area contributed by atoms with Gasteiger partial charge in [-0.15, -0.1) is 0 Å². The van der Waals surface area contributed by atoms with Crippen molar-refractivity contribution in [3.05, 3.63) is 77.3 Å². The molecule has 0 radical (unpaired) electrons. The normalized spacial score (nSPS) is 10.6. The van der Waals surface area contributed by atoms with Gasteiger partial charge in [-0.2, -0.15) is 0 Å². The predicted molar refractivity (Wildman–Crippen MR) is 134 cm³/mol. The van der Waals surface area contributed by atoms with E-state index in [1.54, 1.807) is 0 Å². The molecule has 0 spiro atoms. The van der Waals surface area contributed by atoms with Gasteiger partial charge in [-0.25, -0.2) is 0 Å². The van der Waals surface area contributed by atoms with Crippen molar-refractivity contribution < 1.29 is 14.3 Å². The number of carbonyl (C=O) groups excluding carboxylic acids is 1. The van der Waals surface area contributed by atoms with E-state index in [0.717, 1.165) is 34.4 Å². The Balaban J connectivity index is 1.43. The topological polar surface area (TPSA) is 47.6 Å². The number of carbonyl (C=O) groups is 1. The van der Waals surface area contributed by atoms with E-state index in [1.807, 2.05) is 60.7 Å². The summed E-state index contributed by atoms with van der Waals surface area (Å²) in [6, 6.07) is 23.4. The molecule has 3 aromatic rings. The SMILES string of the molecule is CCCCCCCOc1ccc(NC(=O)COc2ccc(-c3ccccc3)cc2Br)cc1. The zero-order chi connectivity index (χ0) is 22.6. The number of nitrogens with one attached hydrogen (secondary N) is 1. The van der Waals surface area contributed by atoms with Crippen molar-refractivity contribution in [1.29, 1.82) is 0 Å². The average molecular weight is 496 g/mol. The molecule has 0 aliphatic rings. The molecular formula is C27H30BrNO3. The summed E-state index contributed by atoms with van der Waals surface area (Å²) in [5.41, 5.74) is 2.92. The molecule has 0 fully saturated rings. The Morgan fingerprint density at radius 3 is 2.31 bits per heavy atom. The summed E-state index contributed by atoms with van der Waals surface area (Å²) in [7, 11) is 0. The van der Waals surface area contributed by atoms with E-state index in [1.165, 1.54) is 25.7 Å². The van der Waals surface area contributed by atoms with Gasteiger partial charge in [0.1, 0.15) is 11.5 Å². The number of anilines is 1. The summed E-state index contributed by atoms with van der Waals surface area (Å²) in [6.07, 6.45) is 6.07. The molecule has 32 heavy (non-hydrogen) atoms. The first kappa shape index (κ1) is 23.9. The highest BCUT2D eigenvalue weighted by atomic mass is 79.9. The van der Waals surface area contributed by atoms with Gasteiger partial charge in [0.25, 0.3) is 5.91 Å². The summed E-state index contributed by atoms with van der Waals surface area (Å²) < 4.78 is 12.3. The lowest BCUT2D eigenvalue weighted by Crippen LogP contribution is -2.20. The third-order valence-electron chi connectivity index (χ3n) is 5.05. The zero-order valence-electron chi connectivity index (χ0n) is 18.5. The van der Waals surface area contributed by atoms with E-state index >= 15 is 0 Å². The third kappa shape index (κ3) is 7.72. The number of halogens is 1. The maximum Gasteiger partial charge on any atom is 0.262 e. The first-order valence-corrected chi connectivity index (χ1v) is 12.0. The van der Waals surface area contributed by atoms with Crippen molar-refractivity contribution in [2.24, 2.45) is 0 Å². The maximum atomic E-state index is 12.3. The lowest BCUT2D eigenvalue weighted by Gasteiger charge is -2.11. The monoisotopic (exact) mass is 495 g/mol. The van der Waals surface area contributed by atoms with E-state index in [-0.39, 0.29) is 12.5 Å². The number of ether oxygens (including phenoxy) is 2. The van der Waals surface area contributed by atoms with Crippen LogP contribution in [-0.2, 0) is 4.79 Å². The Labute approximate surface area is 199 Å². The van der Waals surface area contributed by atoms with Gasteiger partial charge in [0.2, 0.25) is 0 Å². The Kier molecular flexibility index (Phi) is 9.63. The highest BCUT2D eigenvalue weighted by Crippen LogP contribution is 2.30. The fraction of sp³-hybridized carbons (Fsp3) is 0.296. The standard InChI is InChI=1S/C27H30BrNO3/c1-2-3-4-5-9-18-31-24-15-13-23(14-16-24)29-27(30)20-32-26-17-12-22(19-25(26)28)21-10-7-6-8-11-21/h6-8,10-17,19H,2-5,9,18,20H2,1H3,(H,29,30). The quantitative estimate of drug-likeness (QED) is 0.265. The van der Waals surface area contributed by atoms with Crippen LogP contribution in [0.25, 0.3) is 11.1 Å². The van der Waals surface area contributed by atoms with Crippen molar-refractivity contribution in [1.82, 2.24) is 0 Å². The summed E-state index contributed by atoms with van der Waals surface area (Å²) in [4.78, 5) is 12.3. The highest BCUT2D eigenvalue weighted by Gasteiger charge is 2.08. The summed E-state index contributed by atoms with van der Waals surface area (Å²) in [5.74, 6) is 1.23. The Hall–Kier alpha value is -2.79. The zero-order valence-corrected chi connectivity index (χ0v) is 20.1. The average Bonchev–Trinajstić information content (AvgIpc) is 2.82. The molecule has 5 heteroatoms. The van der Waals surface area contributed by atoms with Crippen LogP contribution in [0.3, 0.4) is 0 Å². The Bertz CT molecular complexity index is 974. The van der Waals surface area contributed by atoms with Crippen molar-refractivity contribution in [3.63, 3.8) is 0 Å². The fourth-order valence-electron chi connectivity index (χ4n) is 3.30. The molecule has 168 valence electrons. The van der Waals surface area contributed by atoms with E-state index < -0.39 is 0 Å². The summed E-state index contributed by atoms with van der Waals surface area (Å²) in [6.45, 7) is 2.87. The lowest BCUT2D eigenvalue weighted by atomic mass is 10.1. The maximum absolute atomic E-state index is 12.3. The van der Waals surface area contributed by atoms with Gasteiger partial charge < -0.3 is 14.8 Å². The number of hydrogen-bond donors (Lipinski definition) is 1.